The van der Waals surface area contributed by atoms with Gasteiger partial charge in [0, 0.05) is 10.4 Å². The number of nitrogens with one attached hydrogen (secondary N) is 2. The van der Waals surface area contributed by atoms with Gasteiger partial charge >= 0.3 is 0 Å². The second kappa shape index (κ2) is 8.88. The third-order valence-corrected chi connectivity index (χ3v) is 4.73. The van der Waals surface area contributed by atoms with Crippen molar-refractivity contribution in [2.45, 2.75) is 6.92 Å². The largest absolute Gasteiger partial charge is 0.494 e. The summed E-state index contributed by atoms with van der Waals surface area (Å²) < 4.78 is 11.0. The van der Waals surface area contributed by atoms with Gasteiger partial charge in [0.25, 0.3) is 5.91 Å². The quantitative estimate of drug-likeness (QED) is 0.424. The van der Waals surface area contributed by atoms with Gasteiger partial charge in [-0.1, -0.05) is 29.8 Å². The van der Waals surface area contributed by atoms with Gasteiger partial charge in [-0.25, -0.2) is 0 Å². The summed E-state index contributed by atoms with van der Waals surface area (Å²) in [5, 5.41) is 11.4. The summed E-state index contributed by atoms with van der Waals surface area (Å²) >= 11 is 5.84. The number of nitrogens with zero attached hydrogens (tertiary/aromatic N) is 1. The number of anilines is 1. The minimum absolute atomic E-state index is 0.127. The summed E-state index contributed by atoms with van der Waals surface area (Å²) in [6.07, 6.45) is 0. The standard InChI is InChI=1S/C23H20ClN3O3/c1-2-29-19-5-3-4-15(12-19)16-6-11-20-21(13-16)26-27-23(20)25-22(28)14-30-18-9-7-17(24)8-10-18/h3-13H,2,14H2,1H3,(H2,25,26,27,28). The number of amides is 1. The molecule has 6 nitrogen and oxygen atoms in total. The molecule has 0 aliphatic rings. The molecule has 30 heavy (non-hydrogen) atoms. The Morgan fingerprint density at radius 2 is 1.80 bits per heavy atom. The molecule has 3 aromatic carbocycles. The minimum atomic E-state index is -0.299. The second-order valence-corrected chi connectivity index (χ2v) is 7.02. The lowest BCUT2D eigenvalue weighted by Gasteiger charge is -2.07. The highest BCUT2D eigenvalue weighted by Crippen LogP contribution is 2.29. The van der Waals surface area contributed by atoms with Crippen molar-refractivity contribution in [3.05, 3.63) is 71.8 Å². The number of ether oxygens (including phenoxy) is 2. The van der Waals surface area contributed by atoms with Crippen LogP contribution >= 0.6 is 11.6 Å². The van der Waals surface area contributed by atoms with E-state index in [1.165, 1.54) is 0 Å². The van der Waals surface area contributed by atoms with Gasteiger partial charge < -0.3 is 14.8 Å². The zero-order chi connectivity index (χ0) is 20.9. The van der Waals surface area contributed by atoms with E-state index in [-0.39, 0.29) is 12.5 Å². The van der Waals surface area contributed by atoms with Gasteiger partial charge in [0.15, 0.2) is 12.4 Å². The molecule has 0 saturated heterocycles. The Morgan fingerprint density at radius 1 is 1.00 bits per heavy atom. The summed E-state index contributed by atoms with van der Waals surface area (Å²) in [4.78, 5) is 12.3. The molecule has 1 amide bonds. The van der Waals surface area contributed by atoms with Crippen LogP contribution in [0.3, 0.4) is 0 Å². The van der Waals surface area contributed by atoms with Crippen molar-refractivity contribution >= 4 is 34.2 Å². The van der Waals surface area contributed by atoms with Crippen LogP contribution in [0.2, 0.25) is 5.02 Å². The molecular weight excluding hydrogens is 402 g/mol. The normalized spacial score (nSPS) is 10.7. The van der Waals surface area contributed by atoms with Crippen molar-refractivity contribution in [2.75, 3.05) is 18.5 Å². The average molecular weight is 422 g/mol. The van der Waals surface area contributed by atoms with E-state index in [0.29, 0.717) is 23.2 Å². The zero-order valence-electron chi connectivity index (χ0n) is 16.3. The minimum Gasteiger partial charge on any atom is -0.494 e. The van der Waals surface area contributed by atoms with Crippen LogP contribution in [-0.4, -0.2) is 29.3 Å². The average Bonchev–Trinajstić information content (AvgIpc) is 3.16. The van der Waals surface area contributed by atoms with E-state index in [9.17, 15) is 4.79 Å². The fourth-order valence-corrected chi connectivity index (χ4v) is 3.20. The number of aromatic nitrogens is 2. The fraction of sp³-hybridized carbons (Fsp3) is 0.130. The molecule has 1 aromatic heterocycles. The molecule has 2 N–H and O–H groups in total. The predicted octanol–water partition coefficient (Wildman–Crippen LogP) is 5.30. The fourth-order valence-electron chi connectivity index (χ4n) is 3.07. The maximum absolute atomic E-state index is 12.3. The first-order chi connectivity index (χ1) is 14.6. The number of rotatable bonds is 7. The second-order valence-electron chi connectivity index (χ2n) is 6.58. The number of halogens is 1. The number of fused-ring (bicyclic) bond motifs is 1. The predicted molar refractivity (Wildman–Crippen MR) is 118 cm³/mol. The van der Waals surface area contributed by atoms with E-state index in [1.54, 1.807) is 24.3 Å². The highest BCUT2D eigenvalue weighted by atomic mass is 35.5. The van der Waals surface area contributed by atoms with Crippen LogP contribution in [-0.2, 0) is 4.79 Å². The molecular formula is C23H20ClN3O3. The maximum Gasteiger partial charge on any atom is 0.263 e. The third-order valence-electron chi connectivity index (χ3n) is 4.48. The van der Waals surface area contributed by atoms with Crippen molar-refractivity contribution in [1.82, 2.24) is 10.2 Å². The maximum atomic E-state index is 12.3. The lowest BCUT2D eigenvalue weighted by Crippen LogP contribution is -2.20. The van der Waals surface area contributed by atoms with Gasteiger partial charge in [0.2, 0.25) is 0 Å². The summed E-state index contributed by atoms with van der Waals surface area (Å²) in [6, 6.07) is 20.7. The topological polar surface area (TPSA) is 76.2 Å². The molecule has 7 heteroatoms. The highest BCUT2D eigenvalue weighted by Gasteiger charge is 2.11. The monoisotopic (exact) mass is 421 g/mol. The molecule has 0 atom stereocenters. The van der Waals surface area contributed by atoms with Crippen LogP contribution in [0.4, 0.5) is 5.82 Å². The highest BCUT2D eigenvalue weighted by molar-refractivity contribution is 6.30. The van der Waals surface area contributed by atoms with Crippen molar-refractivity contribution < 1.29 is 14.3 Å². The number of benzene rings is 3. The third kappa shape index (κ3) is 4.55. The molecule has 0 radical (unpaired) electrons. The Kier molecular flexibility index (Phi) is 5.86. The van der Waals surface area contributed by atoms with Gasteiger partial charge in [0.1, 0.15) is 11.5 Å². The van der Waals surface area contributed by atoms with E-state index in [2.05, 4.69) is 15.5 Å². The molecule has 4 aromatic rings. The van der Waals surface area contributed by atoms with Crippen LogP contribution in [0.15, 0.2) is 66.7 Å². The number of hydrogen-bond acceptors (Lipinski definition) is 4. The molecule has 0 aliphatic carbocycles. The lowest BCUT2D eigenvalue weighted by molar-refractivity contribution is -0.118. The van der Waals surface area contributed by atoms with Crippen LogP contribution in [0.25, 0.3) is 22.0 Å². The van der Waals surface area contributed by atoms with Crippen LogP contribution in [0.1, 0.15) is 6.92 Å². The van der Waals surface area contributed by atoms with Crippen LogP contribution in [0, 0.1) is 0 Å². The number of H-pyrrole nitrogens is 1. The van der Waals surface area contributed by atoms with E-state index in [1.807, 2.05) is 49.4 Å². The summed E-state index contributed by atoms with van der Waals surface area (Å²) in [6.45, 7) is 2.45. The zero-order valence-corrected chi connectivity index (χ0v) is 17.1. The van der Waals surface area contributed by atoms with E-state index < -0.39 is 0 Å². The van der Waals surface area contributed by atoms with E-state index in [0.717, 1.165) is 27.8 Å². The van der Waals surface area contributed by atoms with E-state index >= 15 is 0 Å². The molecule has 152 valence electrons. The Bertz CT molecular complexity index is 1170. The van der Waals surface area contributed by atoms with Gasteiger partial charge in [-0.05, 0) is 66.6 Å². The molecule has 4 rings (SSSR count). The van der Waals surface area contributed by atoms with Crippen LogP contribution < -0.4 is 14.8 Å². The van der Waals surface area contributed by atoms with Crippen molar-refractivity contribution in [3.8, 4) is 22.6 Å². The number of carbonyl (C=O) groups is 1. The lowest BCUT2D eigenvalue weighted by atomic mass is 10.0. The molecule has 0 bridgehead atoms. The SMILES string of the molecule is CCOc1cccc(-c2ccc3c(NC(=O)COc4ccc(Cl)cc4)n[nH]c3c2)c1. The summed E-state index contributed by atoms with van der Waals surface area (Å²) in [5.41, 5.74) is 2.89. The smallest absolute Gasteiger partial charge is 0.263 e. The molecule has 0 aliphatic heterocycles. The molecule has 1 heterocycles. The first kappa shape index (κ1) is 19.8. The van der Waals surface area contributed by atoms with Gasteiger partial charge in [-0.15, -0.1) is 0 Å². The van der Waals surface area contributed by atoms with E-state index in [4.69, 9.17) is 21.1 Å². The molecule has 0 spiro atoms. The van der Waals surface area contributed by atoms with Crippen molar-refractivity contribution in [2.24, 2.45) is 0 Å². The first-order valence-electron chi connectivity index (χ1n) is 9.52. The molecule has 0 unspecified atom stereocenters. The van der Waals surface area contributed by atoms with Crippen molar-refractivity contribution in [3.63, 3.8) is 0 Å². The van der Waals surface area contributed by atoms with Gasteiger partial charge in [-0.2, -0.15) is 5.10 Å². The molecule has 0 fully saturated rings. The summed E-state index contributed by atoms with van der Waals surface area (Å²) in [5.74, 6) is 1.56. The Morgan fingerprint density at radius 3 is 2.60 bits per heavy atom. The Labute approximate surface area is 178 Å². The molecule has 0 saturated carbocycles. The van der Waals surface area contributed by atoms with Crippen molar-refractivity contribution in [1.29, 1.82) is 0 Å². The summed E-state index contributed by atoms with van der Waals surface area (Å²) in [7, 11) is 0. The number of carbonyl (C=O) groups excluding carboxylic acids is 1. The first-order valence-corrected chi connectivity index (χ1v) is 9.90. The number of aromatic amines is 1. The van der Waals surface area contributed by atoms with Gasteiger partial charge in [0.05, 0.1) is 12.1 Å². The van der Waals surface area contributed by atoms with Gasteiger partial charge in [-0.3, -0.25) is 9.89 Å². The Balaban J connectivity index is 1.46. The van der Waals surface area contributed by atoms with Crippen LogP contribution in [0.5, 0.6) is 11.5 Å². The Hall–Kier alpha value is -3.51. The number of hydrogen-bond donors (Lipinski definition) is 2.